The largest absolute Gasteiger partial charge is 0.394 e. The molecule has 0 radical (unpaired) electrons. The quantitative estimate of drug-likeness (QED) is 0.566. The highest BCUT2D eigenvalue weighted by molar-refractivity contribution is 5.81. The highest BCUT2D eigenvalue weighted by Gasteiger charge is 2.29. The molecule has 11 heavy (non-hydrogen) atoms. The third-order valence-corrected chi connectivity index (χ3v) is 1.96. The highest BCUT2D eigenvalue weighted by atomic mass is 16.3. The number of hydrogen-bond acceptors (Lipinski definition) is 2. The lowest BCUT2D eigenvalue weighted by molar-refractivity contribution is -0.122. The Labute approximate surface area is 66.1 Å². The fourth-order valence-electron chi connectivity index (χ4n) is 1.35. The standard InChI is InChI=1S/C8H13NO2/c1-2-3-6-4-7(5-10)9-8(6)11/h2,6-7,10H,1,3-5H2,(H,9,11)/t6-,7+/m1/s1. The van der Waals surface area contributed by atoms with Gasteiger partial charge in [-0.15, -0.1) is 6.58 Å². The molecule has 1 fully saturated rings. The molecule has 2 N–H and O–H groups in total. The summed E-state index contributed by atoms with van der Waals surface area (Å²) in [5, 5.41) is 11.4. The zero-order valence-electron chi connectivity index (χ0n) is 6.42. The van der Waals surface area contributed by atoms with Crippen molar-refractivity contribution in [1.82, 2.24) is 5.32 Å². The summed E-state index contributed by atoms with van der Waals surface area (Å²) in [6.45, 7) is 3.61. The van der Waals surface area contributed by atoms with Crippen molar-refractivity contribution in [3.05, 3.63) is 12.7 Å². The van der Waals surface area contributed by atoms with E-state index in [1.165, 1.54) is 0 Å². The first kappa shape index (κ1) is 8.27. The minimum Gasteiger partial charge on any atom is -0.394 e. The number of allylic oxidation sites excluding steroid dienone is 1. The molecule has 2 atom stereocenters. The lowest BCUT2D eigenvalue weighted by Gasteiger charge is -2.02. The number of carbonyl (C=O) groups excluding carboxylic acids is 1. The van der Waals surface area contributed by atoms with E-state index >= 15 is 0 Å². The van der Waals surface area contributed by atoms with Gasteiger partial charge in [0.1, 0.15) is 0 Å². The van der Waals surface area contributed by atoms with Crippen molar-refractivity contribution in [2.45, 2.75) is 18.9 Å². The molecule has 0 aromatic heterocycles. The van der Waals surface area contributed by atoms with Crippen LogP contribution in [0, 0.1) is 5.92 Å². The van der Waals surface area contributed by atoms with E-state index in [2.05, 4.69) is 11.9 Å². The maximum absolute atomic E-state index is 11.1. The lowest BCUT2D eigenvalue weighted by Crippen LogP contribution is -2.28. The summed E-state index contributed by atoms with van der Waals surface area (Å²) >= 11 is 0. The zero-order chi connectivity index (χ0) is 8.27. The van der Waals surface area contributed by atoms with E-state index in [4.69, 9.17) is 5.11 Å². The third kappa shape index (κ3) is 1.80. The van der Waals surface area contributed by atoms with Crippen LogP contribution in [0.4, 0.5) is 0 Å². The Morgan fingerprint density at radius 3 is 3.00 bits per heavy atom. The number of aliphatic hydroxyl groups excluding tert-OH is 1. The molecule has 0 unspecified atom stereocenters. The molecule has 0 aromatic carbocycles. The monoisotopic (exact) mass is 155 g/mol. The third-order valence-electron chi connectivity index (χ3n) is 1.96. The molecule has 0 spiro atoms. The fourth-order valence-corrected chi connectivity index (χ4v) is 1.35. The summed E-state index contributed by atoms with van der Waals surface area (Å²) in [5.74, 6) is 0.0774. The fraction of sp³-hybridized carbons (Fsp3) is 0.625. The molecule has 1 amide bonds. The van der Waals surface area contributed by atoms with Crippen LogP contribution in [-0.2, 0) is 4.79 Å². The van der Waals surface area contributed by atoms with Crippen LogP contribution in [0.2, 0.25) is 0 Å². The van der Waals surface area contributed by atoms with Gasteiger partial charge in [-0.25, -0.2) is 0 Å². The van der Waals surface area contributed by atoms with Gasteiger partial charge in [0.2, 0.25) is 5.91 Å². The van der Waals surface area contributed by atoms with Crippen molar-refractivity contribution in [2.24, 2.45) is 5.92 Å². The molecular weight excluding hydrogens is 142 g/mol. The molecule has 3 heteroatoms. The molecule has 1 rings (SSSR count). The van der Waals surface area contributed by atoms with Crippen molar-refractivity contribution in [2.75, 3.05) is 6.61 Å². The summed E-state index contributed by atoms with van der Waals surface area (Å²) in [7, 11) is 0. The van der Waals surface area contributed by atoms with Gasteiger partial charge in [-0.1, -0.05) is 6.08 Å². The van der Waals surface area contributed by atoms with Crippen LogP contribution in [0.25, 0.3) is 0 Å². The van der Waals surface area contributed by atoms with Crippen molar-refractivity contribution >= 4 is 5.91 Å². The molecule has 0 saturated carbocycles. The minimum absolute atomic E-state index is 0.0321. The van der Waals surface area contributed by atoms with Crippen LogP contribution in [0.5, 0.6) is 0 Å². The summed E-state index contributed by atoms with van der Waals surface area (Å²) < 4.78 is 0. The smallest absolute Gasteiger partial charge is 0.223 e. The van der Waals surface area contributed by atoms with Crippen LogP contribution < -0.4 is 5.32 Å². The van der Waals surface area contributed by atoms with Gasteiger partial charge < -0.3 is 10.4 Å². The maximum Gasteiger partial charge on any atom is 0.223 e. The molecule has 3 nitrogen and oxygen atoms in total. The minimum atomic E-state index is -0.0348. The van der Waals surface area contributed by atoms with E-state index in [0.29, 0.717) is 6.42 Å². The predicted octanol–water partition coefficient (Wildman–Crippen LogP) is 0.0595. The zero-order valence-corrected chi connectivity index (χ0v) is 6.42. The van der Waals surface area contributed by atoms with Gasteiger partial charge in [0.15, 0.2) is 0 Å². The number of hydrogen-bond donors (Lipinski definition) is 2. The number of nitrogens with one attached hydrogen (secondary N) is 1. The van der Waals surface area contributed by atoms with E-state index in [9.17, 15) is 4.79 Å². The molecule has 62 valence electrons. The summed E-state index contributed by atoms with van der Waals surface area (Å²) in [4.78, 5) is 11.1. The summed E-state index contributed by atoms with van der Waals surface area (Å²) in [6, 6.07) is -0.0348. The van der Waals surface area contributed by atoms with Gasteiger partial charge in [-0.3, -0.25) is 4.79 Å². The Morgan fingerprint density at radius 1 is 1.82 bits per heavy atom. The molecule has 0 bridgehead atoms. The first-order valence-electron chi connectivity index (χ1n) is 3.80. The molecule has 0 aliphatic carbocycles. The molecule has 1 aliphatic heterocycles. The topological polar surface area (TPSA) is 49.3 Å². The predicted molar refractivity (Wildman–Crippen MR) is 41.9 cm³/mol. The molecule has 1 saturated heterocycles. The van der Waals surface area contributed by atoms with Gasteiger partial charge in [0.05, 0.1) is 12.6 Å². The number of carbonyl (C=O) groups is 1. The van der Waals surface area contributed by atoms with Gasteiger partial charge in [-0.2, -0.15) is 0 Å². The Kier molecular flexibility index (Phi) is 2.65. The average molecular weight is 155 g/mol. The van der Waals surface area contributed by atoms with Gasteiger partial charge in [0, 0.05) is 5.92 Å². The Morgan fingerprint density at radius 2 is 2.55 bits per heavy atom. The normalized spacial score (nSPS) is 30.1. The average Bonchev–Trinajstić information content (AvgIpc) is 2.33. The van der Waals surface area contributed by atoms with Gasteiger partial charge >= 0.3 is 0 Å². The van der Waals surface area contributed by atoms with E-state index in [1.54, 1.807) is 6.08 Å². The Hall–Kier alpha value is -0.830. The second-order valence-electron chi connectivity index (χ2n) is 2.85. The molecule has 1 aliphatic rings. The van der Waals surface area contributed by atoms with Gasteiger partial charge in [-0.05, 0) is 12.8 Å². The summed E-state index contributed by atoms with van der Waals surface area (Å²) in [6.07, 6.45) is 3.19. The SMILES string of the molecule is C=CC[C@@H]1C[C@@H](CO)NC1=O. The van der Waals surface area contributed by atoms with E-state index < -0.39 is 0 Å². The highest BCUT2D eigenvalue weighted by Crippen LogP contribution is 2.18. The van der Waals surface area contributed by atoms with Gasteiger partial charge in [0.25, 0.3) is 0 Å². The number of amides is 1. The molecular formula is C8H13NO2. The number of aliphatic hydroxyl groups is 1. The van der Waals surface area contributed by atoms with Crippen LogP contribution in [0.3, 0.4) is 0 Å². The molecule has 0 aromatic rings. The van der Waals surface area contributed by atoms with Crippen molar-refractivity contribution in [3.63, 3.8) is 0 Å². The number of rotatable bonds is 3. The second-order valence-corrected chi connectivity index (χ2v) is 2.85. The van der Waals surface area contributed by atoms with Crippen LogP contribution in [-0.4, -0.2) is 23.7 Å². The van der Waals surface area contributed by atoms with Crippen molar-refractivity contribution in [3.8, 4) is 0 Å². The summed E-state index contributed by atoms with van der Waals surface area (Å²) in [5.41, 5.74) is 0. The maximum atomic E-state index is 11.1. The van der Waals surface area contributed by atoms with Crippen molar-refractivity contribution < 1.29 is 9.90 Å². The first-order chi connectivity index (χ1) is 5.27. The van der Waals surface area contributed by atoms with Crippen LogP contribution in [0.15, 0.2) is 12.7 Å². The first-order valence-corrected chi connectivity index (χ1v) is 3.80. The van der Waals surface area contributed by atoms with Crippen LogP contribution >= 0.6 is 0 Å². The van der Waals surface area contributed by atoms with Crippen molar-refractivity contribution in [1.29, 1.82) is 0 Å². The van der Waals surface area contributed by atoms with Crippen LogP contribution in [0.1, 0.15) is 12.8 Å². The Balaban J connectivity index is 2.44. The van der Waals surface area contributed by atoms with E-state index in [1.807, 2.05) is 0 Å². The second kappa shape index (κ2) is 3.53. The molecule has 1 heterocycles. The van der Waals surface area contributed by atoms with E-state index in [0.717, 1.165) is 6.42 Å². The Bertz CT molecular complexity index is 167. The van der Waals surface area contributed by atoms with E-state index in [-0.39, 0.29) is 24.5 Å². The lowest BCUT2D eigenvalue weighted by atomic mass is 10.0.